The fourth-order valence-corrected chi connectivity index (χ4v) is 2.22. The molecule has 2 N–H and O–H groups in total. The SMILES string of the molecule is CCNC(=O)c1cccc(NC(=O)COC(=O)[C@@H](C)Oc2ccc(F)cc2)c1. The van der Waals surface area contributed by atoms with Gasteiger partial charge in [0.1, 0.15) is 11.6 Å². The minimum atomic E-state index is -0.973. The molecule has 0 saturated carbocycles. The van der Waals surface area contributed by atoms with Crippen molar-refractivity contribution in [3.63, 3.8) is 0 Å². The van der Waals surface area contributed by atoms with Crippen molar-refractivity contribution in [2.45, 2.75) is 20.0 Å². The lowest BCUT2D eigenvalue weighted by molar-refractivity contribution is -0.153. The maximum Gasteiger partial charge on any atom is 0.347 e. The van der Waals surface area contributed by atoms with Gasteiger partial charge in [0, 0.05) is 17.8 Å². The monoisotopic (exact) mass is 388 g/mol. The van der Waals surface area contributed by atoms with Crippen LogP contribution in [0.1, 0.15) is 24.2 Å². The summed E-state index contributed by atoms with van der Waals surface area (Å²) in [7, 11) is 0. The Morgan fingerprint density at radius 2 is 1.82 bits per heavy atom. The Hall–Kier alpha value is -3.42. The molecule has 2 amide bonds. The van der Waals surface area contributed by atoms with E-state index >= 15 is 0 Å². The molecule has 2 aromatic carbocycles. The Labute approximate surface area is 161 Å². The van der Waals surface area contributed by atoms with Crippen molar-refractivity contribution in [2.24, 2.45) is 0 Å². The van der Waals surface area contributed by atoms with E-state index in [-0.39, 0.29) is 5.91 Å². The van der Waals surface area contributed by atoms with Crippen LogP contribution in [0, 0.1) is 5.82 Å². The molecule has 0 fully saturated rings. The molecule has 0 spiro atoms. The molecule has 0 bridgehead atoms. The highest BCUT2D eigenvalue weighted by atomic mass is 19.1. The molecule has 8 heteroatoms. The normalized spacial score (nSPS) is 11.2. The average molecular weight is 388 g/mol. The zero-order chi connectivity index (χ0) is 20.5. The van der Waals surface area contributed by atoms with Crippen LogP contribution in [-0.2, 0) is 14.3 Å². The summed E-state index contributed by atoms with van der Waals surface area (Å²) in [5, 5.41) is 5.21. The van der Waals surface area contributed by atoms with Crippen molar-refractivity contribution in [1.82, 2.24) is 5.32 Å². The van der Waals surface area contributed by atoms with Gasteiger partial charge in [0.05, 0.1) is 0 Å². The Morgan fingerprint density at radius 3 is 2.50 bits per heavy atom. The second kappa shape index (κ2) is 10.1. The minimum Gasteiger partial charge on any atom is -0.479 e. The van der Waals surface area contributed by atoms with Gasteiger partial charge >= 0.3 is 5.97 Å². The van der Waals surface area contributed by atoms with Crippen LogP contribution in [0.3, 0.4) is 0 Å². The largest absolute Gasteiger partial charge is 0.479 e. The predicted molar refractivity (Wildman–Crippen MR) is 101 cm³/mol. The summed E-state index contributed by atoms with van der Waals surface area (Å²) < 4.78 is 23.1. The van der Waals surface area contributed by atoms with Gasteiger partial charge in [-0.3, -0.25) is 9.59 Å². The third kappa shape index (κ3) is 6.39. The maximum atomic E-state index is 12.9. The van der Waals surface area contributed by atoms with E-state index in [0.29, 0.717) is 23.5 Å². The zero-order valence-electron chi connectivity index (χ0n) is 15.5. The smallest absolute Gasteiger partial charge is 0.347 e. The summed E-state index contributed by atoms with van der Waals surface area (Å²) in [5.74, 6) is -1.67. The molecule has 148 valence electrons. The Morgan fingerprint density at radius 1 is 1.11 bits per heavy atom. The number of ether oxygens (including phenoxy) is 2. The first-order valence-electron chi connectivity index (χ1n) is 8.66. The summed E-state index contributed by atoms with van der Waals surface area (Å²) in [6, 6.07) is 11.6. The van der Waals surface area contributed by atoms with Crippen LogP contribution in [0.4, 0.5) is 10.1 Å². The average Bonchev–Trinajstić information content (AvgIpc) is 2.68. The summed E-state index contributed by atoms with van der Waals surface area (Å²) in [6.07, 6.45) is -0.973. The van der Waals surface area contributed by atoms with Crippen molar-refractivity contribution in [2.75, 3.05) is 18.5 Å². The van der Waals surface area contributed by atoms with Gasteiger partial charge in [0.2, 0.25) is 0 Å². The fraction of sp³-hybridized carbons (Fsp3) is 0.250. The molecule has 0 aliphatic rings. The van der Waals surface area contributed by atoms with Gasteiger partial charge in [0.25, 0.3) is 11.8 Å². The number of carbonyl (C=O) groups excluding carboxylic acids is 3. The highest BCUT2D eigenvalue weighted by Crippen LogP contribution is 2.14. The molecule has 0 saturated heterocycles. The highest BCUT2D eigenvalue weighted by molar-refractivity contribution is 5.97. The lowest BCUT2D eigenvalue weighted by Gasteiger charge is -2.14. The van der Waals surface area contributed by atoms with Crippen LogP contribution in [-0.4, -0.2) is 37.0 Å². The quantitative estimate of drug-likeness (QED) is 0.678. The summed E-state index contributed by atoms with van der Waals surface area (Å²) >= 11 is 0. The molecule has 0 aliphatic heterocycles. The third-order valence-corrected chi connectivity index (χ3v) is 3.55. The van der Waals surface area contributed by atoms with E-state index in [4.69, 9.17) is 9.47 Å². The summed E-state index contributed by atoms with van der Waals surface area (Å²) in [5.41, 5.74) is 0.804. The number of benzene rings is 2. The van der Waals surface area contributed by atoms with Crippen LogP contribution in [0.15, 0.2) is 48.5 Å². The van der Waals surface area contributed by atoms with Crippen molar-refractivity contribution >= 4 is 23.5 Å². The van der Waals surface area contributed by atoms with Gasteiger partial charge in [0.15, 0.2) is 12.7 Å². The van der Waals surface area contributed by atoms with Crippen molar-refractivity contribution < 1.29 is 28.2 Å². The molecule has 2 aromatic rings. The minimum absolute atomic E-state index is 0.253. The molecule has 0 aliphatic carbocycles. The van der Waals surface area contributed by atoms with E-state index in [1.165, 1.54) is 37.3 Å². The maximum absolute atomic E-state index is 12.9. The van der Waals surface area contributed by atoms with E-state index in [0.717, 1.165) is 0 Å². The first-order valence-corrected chi connectivity index (χ1v) is 8.66. The van der Waals surface area contributed by atoms with Crippen molar-refractivity contribution in [1.29, 1.82) is 0 Å². The number of amides is 2. The van der Waals surface area contributed by atoms with Crippen LogP contribution in [0.5, 0.6) is 5.75 Å². The summed E-state index contributed by atoms with van der Waals surface area (Å²) in [6.45, 7) is 3.24. The second-order valence-electron chi connectivity index (χ2n) is 5.81. The molecule has 0 radical (unpaired) electrons. The van der Waals surface area contributed by atoms with Crippen LogP contribution in [0.25, 0.3) is 0 Å². The van der Waals surface area contributed by atoms with Gasteiger partial charge in [-0.2, -0.15) is 0 Å². The zero-order valence-corrected chi connectivity index (χ0v) is 15.5. The number of nitrogens with one attached hydrogen (secondary N) is 2. The van der Waals surface area contributed by atoms with Crippen molar-refractivity contribution in [3.05, 3.63) is 59.9 Å². The lowest BCUT2D eigenvalue weighted by Crippen LogP contribution is -2.29. The molecule has 2 rings (SSSR count). The molecule has 0 unspecified atom stereocenters. The topological polar surface area (TPSA) is 93.7 Å². The van der Waals surface area contributed by atoms with E-state index in [1.807, 2.05) is 0 Å². The Balaban J connectivity index is 1.83. The number of halogens is 1. The van der Waals surface area contributed by atoms with Gasteiger partial charge in [-0.25, -0.2) is 9.18 Å². The number of hydrogen-bond acceptors (Lipinski definition) is 5. The molecule has 0 heterocycles. The first kappa shape index (κ1) is 20.9. The van der Waals surface area contributed by atoms with Gasteiger partial charge in [-0.15, -0.1) is 0 Å². The summed E-state index contributed by atoms with van der Waals surface area (Å²) in [4.78, 5) is 35.7. The Bertz CT molecular complexity index is 839. The number of hydrogen-bond donors (Lipinski definition) is 2. The van der Waals surface area contributed by atoms with E-state index in [9.17, 15) is 18.8 Å². The van der Waals surface area contributed by atoms with Crippen LogP contribution >= 0.6 is 0 Å². The van der Waals surface area contributed by atoms with E-state index in [1.54, 1.807) is 25.1 Å². The number of anilines is 1. The number of carbonyl (C=O) groups is 3. The third-order valence-electron chi connectivity index (χ3n) is 3.55. The molecule has 0 aromatic heterocycles. The first-order chi connectivity index (χ1) is 13.4. The molecule has 1 atom stereocenters. The fourth-order valence-electron chi connectivity index (χ4n) is 2.22. The lowest BCUT2D eigenvalue weighted by atomic mass is 10.2. The molecular formula is C20H21FN2O5. The van der Waals surface area contributed by atoms with Crippen LogP contribution < -0.4 is 15.4 Å². The molecule has 7 nitrogen and oxygen atoms in total. The highest BCUT2D eigenvalue weighted by Gasteiger charge is 2.18. The van der Waals surface area contributed by atoms with Gasteiger partial charge in [-0.05, 0) is 56.3 Å². The van der Waals surface area contributed by atoms with Crippen molar-refractivity contribution in [3.8, 4) is 5.75 Å². The predicted octanol–water partition coefficient (Wildman–Crippen LogP) is 2.52. The Kier molecular flexibility index (Phi) is 7.50. The second-order valence-corrected chi connectivity index (χ2v) is 5.81. The molecule has 28 heavy (non-hydrogen) atoms. The van der Waals surface area contributed by atoms with Crippen LogP contribution in [0.2, 0.25) is 0 Å². The van der Waals surface area contributed by atoms with E-state index < -0.39 is 30.4 Å². The molecular weight excluding hydrogens is 367 g/mol. The van der Waals surface area contributed by atoms with Gasteiger partial charge < -0.3 is 20.1 Å². The standard InChI is InChI=1S/C20H21FN2O5/c1-3-22-19(25)14-5-4-6-16(11-14)23-18(24)12-27-20(26)13(2)28-17-9-7-15(21)8-10-17/h4-11,13H,3,12H2,1-2H3,(H,22,25)(H,23,24)/t13-/m1/s1. The number of rotatable bonds is 8. The van der Waals surface area contributed by atoms with E-state index in [2.05, 4.69) is 10.6 Å². The van der Waals surface area contributed by atoms with Gasteiger partial charge in [-0.1, -0.05) is 6.07 Å². The number of esters is 1.